The van der Waals surface area contributed by atoms with Crippen molar-refractivity contribution in [1.29, 1.82) is 0 Å². The van der Waals surface area contributed by atoms with Crippen LogP contribution in [0.25, 0.3) is 0 Å². The first-order valence-corrected chi connectivity index (χ1v) is 8.66. The van der Waals surface area contributed by atoms with Gasteiger partial charge in [-0.3, -0.25) is 4.79 Å². The maximum absolute atomic E-state index is 12.2. The van der Waals surface area contributed by atoms with Gasteiger partial charge < -0.3 is 24.8 Å². The number of hydrogen-bond acceptors (Lipinski definition) is 6. The SMILES string of the molecule is CN(CC1COc2ccccc2O1)C(=O)COC(=O)c1ccc(Cl)c(N)c1. The number of likely N-dealkylation sites (N-methyl/N-ethyl adjacent to an activating group) is 1. The molecule has 0 spiro atoms. The van der Waals surface area contributed by atoms with Crippen molar-refractivity contribution in [3.8, 4) is 11.5 Å². The van der Waals surface area contributed by atoms with Gasteiger partial charge in [0.2, 0.25) is 0 Å². The lowest BCUT2D eigenvalue weighted by molar-refractivity contribution is -0.134. The Balaban J connectivity index is 1.49. The summed E-state index contributed by atoms with van der Waals surface area (Å²) in [6.07, 6.45) is -0.305. The highest BCUT2D eigenvalue weighted by Gasteiger charge is 2.24. The van der Waals surface area contributed by atoms with Crippen molar-refractivity contribution in [1.82, 2.24) is 4.90 Å². The van der Waals surface area contributed by atoms with E-state index in [1.165, 1.54) is 23.1 Å². The number of hydrogen-bond donors (Lipinski definition) is 1. The van der Waals surface area contributed by atoms with Crippen LogP contribution >= 0.6 is 11.6 Å². The summed E-state index contributed by atoms with van der Waals surface area (Å²) in [4.78, 5) is 25.7. The summed E-state index contributed by atoms with van der Waals surface area (Å²) < 4.78 is 16.5. The molecule has 0 aromatic heterocycles. The van der Waals surface area contributed by atoms with Crippen molar-refractivity contribution >= 4 is 29.2 Å². The number of esters is 1. The smallest absolute Gasteiger partial charge is 0.338 e. The first kappa shape index (κ1) is 18.8. The predicted molar refractivity (Wildman–Crippen MR) is 100 cm³/mol. The van der Waals surface area contributed by atoms with E-state index in [1.807, 2.05) is 24.3 Å². The molecule has 0 saturated carbocycles. The zero-order valence-electron chi connectivity index (χ0n) is 14.7. The summed E-state index contributed by atoms with van der Waals surface area (Å²) in [7, 11) is 1.61. The highest BCUT2D eigenvalue weighted by molar-refractivity contribution is 6.33. The van der Waals surface area contributed by atoms with Crippen molar-refractivity contribution in [2.75, 3.05) is 32.5 Å². The number of halogens is 1. The molecule has 1 aliphatic rings. The van der Waals surface area contributed by atoms with Crippen molar-refractivity contribution in [2.24, 2.45) is 0 Å². The third-order valence-electron chi connectivity index (χ3n) is 4.03. The quantitative estimate of drug-likeness (QED) is 0.622. The minimum atomic E-state index is -0.647. The van der Waals surface area contributed by atoms with Gasteiger partial charge in [-0.25, -0.2) is 4.79 Å². The van der Waals surface area contributed by atoms with Crippen molar-refractivity contribution in [3.05, 3.63) is 53.1 Å². The lowest BCUT2D eigenvalue weighted by Gasteiger charge is -2.29. The number of fused-ring (bicyclic) bond motifs is 1. The predicted octanol–water partition coefficient (Wildman–Crippen LogP) is 2.38. The Morgan fingerprint density at radius 3 is 2.74 bits per heavy atom. The average Bonchev–Trinajstić information content (AvgIpc) is 2.67. The third kappa shape index (κ3) is 4.62. The molecule has 1 atom stereocenters. The Labute approximate surface area is 161 Å². The molecular weight excluding hydrogens is 372 g/mol. The first-order valence-electron chi connectivity index (χ1n) is 8.28. The molecule has 1 aliphatic heterocycles. The zero-order valence-corrected chi connectivity index (χ0v) is 15.4. The minimum absolute atomic E-state index is 0.230. The van der Waals surface area contributed by atoms with Crippen LogP contribution in [0.3, 0.4) is 0 Å². The first-order chi connectivity index (χ1) is 12.9. The molecule has 7 nitrogen and oxygen atoms in total. The summed E-state index contributed by atoms with van der Waals surface area (Å²) in [6.45, 7) is 0.249. The number of carbonyl (C=O) groups is 2. The number of para-hydroxylation sites is 2. The van der Waals surface area contributed by atoms with E-state index in [2.05, 4.69) is 0 Å². The van der Waals surface area contributed by atoms with E-state index in [4.69, 9.17) is 31.5 Å². The Bertz CT molecular complexity index is 858. The molecule has 2 aromatic carbocycles. The number of rotatable bonds is 5. The topological polar surface area (TPSA) is 91.1 Å². The number of anilines is 1. The van der Waals surface area contributed by atoms with E-state index in [0.717, 1.165) is 0 Å². The maximum Gasteiger partial charge on any atom is 0.338 e. The van der Waals surface area contributed by atoms with Crippen LogP contribution in [0, 0.1) is 0 Å². The van der Waals surface area contributed by atoms with Crippen LogP contribution in [-0.2, 0) is 9.53 Å². The Morgan fingerprint density at radius 2 is 2.00 bits per heavy atom. The minimum Gasteiger partial charge on any atom is -0.486 e. The molecule has 2 N–H and O–H groups in total. The van der Waals surface area contributed by atoms with Gasteiger partial charge in [0, 0.05) is 7.05 Å². The molecule has 27 heavy (non-hydrogen) atoms. The van der Waals surface area contributed by atoms with Crippen LogP contribution in [0.4, 0.5) is 5.69 Å². The van der Waals surface area contributed by atoms with Gasteiger partial charge >= 0.3 is 5.97 Å². The molecule has 1 amide bonds. The summed E-state index contributed by atoms with van der Waals surface area (Å²) in [5.74, 6) is 0.319. The molecule has 8 heteroatoms. The molecule has 0 aliphatic carbocycles. The van der Waals surface area contributed by atoms with Gasteiger partial charge in [-0.05, 0) is 30.3 Å². The van der Waals surface area contributed by atoms with Crippen LogP contribution in [0.5, 0.6) is 11.5 Å². The fourth-order valence-corrected chi connectivity index (χ4v) is 2.67. The number of benzene rings is 2. The van der Waals surface area contributed by atoms with E-state index in [0.29, 0.717) is 29.7 Å². The summed E-state index contributed by atoms with van der Waals surface area (Å²) in [5.41, 5.74) is 6.16. The van der Waals surface area contributed by atoms with Gasteiger partial charge in [0.05, 0.1) is 22.8 Å². The highest BCUT2D eigenvalue weighted by atomic mass is 35.5. The number of nitrogens with two attached hydrogens (primary N) is 1. The van der Waals surface area contributed by atoms with Gasteiger partial charge in [-0.1, -0.05) is 23.7 Å². The number of carbonyl (C=O) groups excluding carboxylic acids is 2. The van der Waals surface area contributed by atoms with Crippen LogP contribution in [0.1, 0.15) is 10.4 Å². The number of ether oxygens (including phenoxy) is 3. The highest BCUT2D eigenvalue weighted by Crippen LogP contribution is 2.30. The fourth-order valence-electron chi connectivity index (χ4n) is 2.55. The molecule has 3 rings (SSSR count). The zero-order chi connectivity index (χ0) is 19.4. The van der Waals surface area contributed by atoms with Gasteiger partial charge in [0.15, 0.2) is 24.2 Å². The molecule has 142 valence electrons. The van der Waals surface area contributed by atoms with Gasteiger partial charge in [0.25, 0.3) is 5.91 Å². The van der Waals surface area contributed by atoms with Crippen molar-refractivity contribution < 1.29 is 23.8 Å². The molecular formula is C19H19ClN2O5. The average molecular weight is 391 g/mol. The van der Waals surface area contributed by atoms with E-state index in [9.17, 15) is 9.59 Å². The van der Waals surface area contributed by atoms with Crippen LogP contribution in [0.2, 0.25) is 5.02 Å². The molecule has 2 aromatic rings. The Hall–Kier alpha value is -2.93. The maximum atomic E-state index is 12.2. The number of nitrogens with zero attached hydrogens (tertiary/aromatic N) is 1. The second-order valence-corrected chi connectivity index (χ2v) is 6.49. The van der Waals surface area contributed by atoms with Gasteiger partial charge in [-0.15, -0.1) is 0 Å². The molecule has 1 heterocycles. The number of nitrogen functional groups attached to an aromatic ring is 1. The molecule has 1 unspecified atom stereocenters. The van der Waals surface area contributed by atoms with E-state index in [-0.39, 0.29) is 29.9 Å². The van der Waals surface area contributed by atoms with Crippen LogP contribution in [0.15, 0.2) is 42.5 Å². The van der Waals surface area contributed by atoms with Crippen LogP contribution < -0.4 is 15.2 Å². The normalized spacial score (nSPS) is 15.1. The molecule has 0 fully saturated rings. The summed E-state index contributed by atoms with van der Waals surface area (Å²) >= 11 is 5.82. The van der Waals surface area contributed by atoms with E-state index < -0.39 is 5.97 Å². The largest absolute Gasteiger partial charge is 0.486 e. The lowest BCUT2D eigenvalue weighted by atomic mass is 10.2. The third-order valence-corrected chi connectivity index (χ3v) is 4.37. The Morgan fingerprint density at radius 1 is 1.26 bits per heavy atom. The Kier molecular flexibility index (Phi) is 5.71. The second-order valence-electron chi connectivity index (χ2n) is 6.08. The fraction of sp³-hybridized carbons (Fsp3) is 0.263. The van der Waals surface area contributed by atoms with E-state index in [1.54, 1.807) is 7.05 Å². The second kappa shape index (κ2) is 8.18. The van der Waals surface area contributed by atoms with Crippen molar-refractivity contribution in [2.45, 2.75) is 6.10 Å². The molecule has 0 radical (unpaired) electrons. The standard InChI is InChI=1S/C19H19ClN2O5/c1-22(9-13-10-25-16-4-2-3-5-17(16)27-13)18(23)11-26-19(24)12-6-7-14(20)15(21)8-12/h2-8,13H,9-11,21H2,1H3. The van der Waals surface area contributed by atoms with Gasteiger partial charge in [0.1, 0.15) is 6.61 Å². The molecule has 0 bridgehead atoms. The van der Waals surface area contributed by atoms with E-state index >= 15 is 0 Å². The van der Waals surface area contributed by atoms with Crippen LogP contribution in [-0.4, -0.2) is 49.7 Å². The number of amides is 1. The summed E-state index contributed by atoms with van der Waals surface area (Å²) in [5, 5.41) is 0.346. The van der Waals surface area contributed by atoms with Crippen molar-refractivity contribution in [3.63, 3.8) is 0 Å². The lowest BCUT2D eigenvalue weighted by Crippen LogP contribution is -2.43. The summed E-state index contributed by atoms with van der Waals surface area (Å²) in [6, 6.07) is 11.7. The monoisotopic (exact) mass is 390 g/mol. The molecule has 0 saturated heterocycles. The van der Waals surface area contributed by atoms with Gasteiger partial charge in [-0.2, -0.15) is 0 Å².